The molecule has 0 bridgehead atoms. The fraction of sp³-hybridized carbons (Fsp3) is 0.364. The summed E-state index contributed by atoms with van der Waals surface area (Å²) in [4.78, 5) is 26.2. The number of hydrogen-bond acceptors (Lipinski definition) is 5. The van der Waals surface area contributed by atoms with Gasteiger partial charge < -0.3 is 20.3 Å². The van der Waals surface area contributed by atoms with E-state index in [0.717, 1.165) is 16.8 Å². The normalized spacial score (nSPS) is 19.0. The minimum atomic E-state index is -3.78. The van der Waals surface area contributed by atoms with Crippen LogP contribution < -0.4 is 15.4 Å². The second kappa shape index (κ2) is 8.44. The summed E-state index contributed by atoms with van der Waals surface area (Å²) in [5, 5.41) is 5.58. The maximum Gasteiger partial charge on any atom is 0.321 e. The second-order valence-electron chi connectivity index (χ2n) is 7.98. The molecule has 9 nitrogen and oxygen atoms in total. The summed E-state index contributed by atoms with van der Waals surface area (Å²) in [5.41, 5.74) is 3.16. The molecule has 2 aromatic carbocycles. The van der Waals surface area contributed by atoms with Gasteiger partial charge in [-0.05, 0) is 56.2 Å². The number of rotatable bonds is 3. The second-order valence-corrected chi connectivity index (χ2v) is 9.91. The van der Waals surface area contributed by atoms with Crippen LogP contribution in [0.2, 0.25) is 0 Å². The van der Waals surface area contributed by atoms with Crippen LogP contribution in [0.15, 0.2) is 41.3 Å². The number of aryl methyl sites for hydroxylation is 1. The molecule has 32 heavy (non-hydrogen) atoms. The molecule has 3 amide bonds. The number of urea groups is 1. The van der Waals surface area contributed by atoms with E-state index in [4.69, 9.17) is 4.74 Å². The minimum absolute atomic E-state index is 0.0722. The number of anilines is 2. The van der Waals surface area contributed by atoms with Crippen molar-refractivity contribution < 1.29 is 22.7 Å². The summed E-state index contributed by atoms with van der Waals surface area (Å²) in [6.45, 7) is 6.46. The van der Waals surface area contributed by atoms with Gasteiger partial charge in [-0.1, -0.05) is 12.1 Å². The quantitative estimate of drug-likeness (QED) is 0.735. The first-order chi connectivity index (χ1) is 15.2. The predicted octanol–water partition coefficient (Wildman–Crippen LogP) is 2.56. The third-order valence-corrected chi connectivity index (χ3v) is 7.79. The molecule has 0 aliphatic carbocycles. The number of piperazine rings is 1. The van der Waals surface area contributed by atoms with Crippen molar-refractivity contribution in [2.75, 3.05) is 36.8 Å². The number of hydrogen-bond donors (Lipinski definition) is 2. The highest BCUT2D eigenvalue weighted by molar-refractivity contribution is 7.89. The number of benzene rings is 2. The number of carbonyl (C=O) groups is 2. The third-order valence-electron chi connectivity index (χ3n) is 5.89. The van der Waals surface area contributed by atoms with Crippen molar-refractivity contribution in [3.8, 4) is 5.75 Å². The Morgan fingerprint density at radius 2 is 1.84 bits per heavy atom. The SMILES string of the molecule is Cc1cccc(NC(=O)N2CCN(S(=O)(=O)c3ccc4c(c3)NC(=O)[C@H](C)O4)CC2)c1C. The lowest BCUT2D eigenvalue weighted by molar-refractivity contribution is -0.122. The summed E-state index contributed by atoms with van der Waals surface area (Å²) in [6, 6.07) is 9.89. The zero-order valence-corrected chi connectivity index (χ0v) is 19.0. The van der Waals surface area contributed by atoms with Crippen molar-refractivity contribution >= 4 is 33.3 Å². The summed E-state index contributed by atoms with van der Waals surface area (Å²) in [5.74, 6) is 0.111. The molecule has 2 aliphatic rings. The monoisotopic (exact) mass is 458 g/mol. The number of nitrogens with one attached hydrogen (secondary N) is 2. The van der Waals surface area contributed by atoms with E-state index in [2.05, 4.69) is 10.6 Å². The van der Waals surface area contributed by atoms with Crippen LogP contribution in [-0.4, -0.2) is 61.8 Å². The maximum absolute atomic E-state index is 13.1. The number of nitrogens with zero attached hydrogens (tertiary/aromatic N) is 2. The molecule has 2 aliphatic heterocycles. The van der Waals surface area contributed by atoms with Crippen LogP contribution >= 0.6 is 0 Å². The Hall–Kier alpha value is -3.11. The van der Waals surface area contributed by atoms with Gasteiger partial charge in [0.1, 0.15) is 5.75 Å². The van der Waals surface area contributed by atoms with E-state index in [1.807, 2.05) is 32.0 Å². The molecule has 0 aromatic heterocycles. The Kier molecular flexibility index (Phi) is 5.83. The highest BCUT2D eigenvalue weighted by Gasteiger charge is 2.32. The molecule has 2 aromatic rings. The van der Waals surface area contributed by atoms with Crippen molar-refractivity contribution in [3.63, 3.8) is 0 Å². The third kappa shape index (κ3) is 4.15. The molecule has 170 valence electrons. The topological polar surface area (TPSA) is 108 Å². The van der Waals surface area contributed by atoms with Gasteiger partial charge in [-0.25, -0.2) is 13.2 Å². The van der Waals surface area contributed by atoms with Gasteiger partial charge in [0, 0.05) is 31.9 Å². The lowest BCUT2D eigenvalue weighted by Crippen LogP contribution is -2.51. The molecule has 0 spiro atoms. The molecule has 0 radical (unpaired) electrons. The van der Waals surface area contributed by atoms with Crippen LogP contribution in [0.25, 0.3) is 0 Å². The molecule has 2 heterocycles. The van der Waals surface area contributed by atoms with Gasteiger partial charge in [0.25, 0.3) is 5.91 Å². The Bertz CT molecular complexity index is 1170. The molecular formula is C22H26N4O5S. The van der Waals surface area contributed by atoms with Crippen LogP contribution in [0.4, 0.5) is 16.2 Å². The largest absolute Gasteiger partial charge is 0.479 e. The Labute approximate surface area is 187 Å². The Morgan fingerprint density at radius 1 is 1.12 bits per heavy atom. The van der Waals surface area contributed by atoms with Crippen LogP contribution in [0, 0.1) is 13.8 Å². The Morgan fingerprint density at radius 3 is 2.56 bits per heavy atom. The van der Waals surface area contributed by atoms with E-state index in [1.165, 1.54) is 16.4 Å². The number of ether oxygens (including phenoxy) is 1. The van der Waals surface area contributed by atoms with Crippen LogP contribution in [0.5, 0.6) is 5.75 Å². The van der Waals surface area contributed by atoms with E-state index in [-0.39, 0.29) is 43.0 Å². The first-order valence-corrected chi connectivity index (χ1v) is 11.8. The van der Waals surface area contributed by atoms with E-state index < -0.39 is 16.1 Å². The van der Waals surface area contributed by atoms with Crippen LogP contribution in [-0.2, 0) is 14.8 Å². The van der Waals surface area contributed by atoms with Crippen LogP contribution in [0.1, 0.15) is 18.1 Å². The molecule has 2 N–H and O–H groups in total. The molecule has 0 unspecified atom stereocenters. The average molecular weight is 459 g/mol. The molecule has 1 fully saturated rings. The fourth-order valence-electron chi connectivity index (χ4n) is 3.71. The van der Waals surface area contributed by atoms with Crippen molar-refractivity contribution in [2.45, 2.75) is 31.8 Å². The summed E-state index contributed by atoms with van der Waals surface area (Å²) < 4.78 is 33.1. The first-order valence-electron chi connectivity index (χ1n) is 10.4. The van der Waals surface area contributed by atoms with Gasteiger partial charge in [0.15, 0.2) is 6.10 Å². The molecule has 4 rings (SSSR count). The molecule has 1 atom stereocenters. The van der Waals surface area contributed by atoms with Crippen LogP contribution in [0.3, 0.4) is 0 Å². The molecule has 1 saturated heterocycles. The fourth-order valence-corrected chi connectivity index (χ4v) is 5.16. The highest BCUT2D eigenvalue weighted by atomic mass is 32.2. The van der Waals surface area contributed by atoms with Crippen molar-refractivity contribution in [2.24, 2.45) is 0 Å². The van der Waals surface area contributed by atoms with Crippen molar-refractivity contribution in [1.29, 1.82) is 0 Å². The van der Waals surface area contributed by atoms with Gasteiger partial charge in [0.05, 0.1) is 10.6 Å². The van der Waals surface area contributed by atoms with Gasteiger partial charge >= 0.3 is 6.03 Å². The summed E-state index contributed by atoms with van der Waals surface area (Å²) >= 11 is 0. The lowest BCUT2D eigenvalue weighted by atomic mass is 10.1. The Balaban J connectivity index is 1.42. The van der Waals surface area contributed by atoms with E-state index in [1.54, 1.807) is 17.9 Å². The maximum atomic E-state index is 13.1. The van der Waals surface area contributed by atoms with E-state index >= 15 is 0 Å². The number of amides is 3. The number of fused-ring (bicyclic) bond motifs is 1. The summed E-state index contributed by atoms with van der Waals surface area (Å²) in [7, 11) is -3.78. The van der Waals surface area contributed by atoms with E-state index in [0.29, 0.717) is 11.4 Å². The lowest BCUT2D eigenvalue weighted by Gasteiger charge is -2.34. The number of sulfonamides is 1. The van der Waals surface area contributed by atoms with Crippen molar-refractivity contribution in [3.05, 3.63) is 47.5 Å². The van der Waals surface area contributed by atoms with Gasteiger partial charge in [-0.2, -0.15) is 4.31 Å². The zero-order valence-electron chi connectivity index (χ0n) is 18.2. The van der Waals surface area contributed by atoms with Gasteiger partial charge in [0.2, 0.25) is 10.0 Å². The smallest absolute Gasteiger partial charge is 0.321 e. The highest BCUT2D eigenvalue weighted by Crippen LogP contribution is 2.33. The molecule has 0 saturated carbocycles. The zero-order chi connectivity index (χ0) is 23.0. The predicted molar refractivity (Wildman–Crippen MR) is 120 cm³/mol. The summed E-state index contributed by atoms with van der Waals surface area (Å²) in [6.07, 6.45) is -0.632. The molecule has 10 heteroatoms. The minimum Gasteiger partial charge on any atom is -0.479 e. The first kappa shape index (κ1) is 22.1. The average Bonchev–Trinajstić information content (AvgIpc) is 2.77. The van der Waals surface area contributed by atoms with Gasteiger partial charge in [-0.15, -0.1) is 0 Å². The van der Waals surface area contributed by atoms with Gasteiger partial charge in [-0.3, -0.25) is 4.79 Å². The standard InChI is InChI=1S/C22H26N4O5S/c1-14-5-4-6-18(15(14)2)24-22(28)25-9-11-26(12-10-25)32(29,30)17-7-8-20-19(13-17)23-21(27)16(3)31-20/h4-8,13,16H,9-12H2,1-3H3,(H,23,27)(H,24,28)/t16-/m0/s1. The van der Waals surface area contributed by atoms with Crippen molar-refractivity contribution in [1.82, 2.24) is 9.21 Å². The number of carbonyl (C=O) groups excluding carboxylic acids is 2. The van der Waals surface area contributed by atoms with E-state index in [9.17, 15) is 18.0 Å². The molecular weight excluding hydrogens is 432 g/mol.